The number of nitrogens with one attached hydrogen (secondary N) is 1. The molecule has 2 atom stereocenters. The van der Waals surface area contributed by atoms with Crippen molar-refractivity contribution in [2.24, 2.45) is 13.0 Å². The van der Waals surface area contributed by atoms with E-state index >= 15 is 0 Å². The summed E-state index contributed by atoms with van der Waals surface area (Å²) in [4.78, 5) is 8.55. The molecule has 0 saturated heterocycles. The fourth-order valence-corrected chi connectivity index (χ4v) is 2.37. The number of nitrogens with zero attached hydrogens (tertiary/aromatic N) is 4. The van der Waals surface area contributed by atoms with Crippen LogP contribution in [0.2, 0.25) is 0 Å². The molecule has 0 spiro atoms. The molecular weight excluding hydrogens is 214 g/mol. The van der Waals surface area contributed by atoms with Crippen LogP contribution in [0.4, 0.5) is 5.82 Å². The predicted octanol–water partition coefficient (Wildman–Crippen LogP) is 1.96. The minimum absolute atomic E-state index is 0.591. The van der Waals surface area contributed by atoms with Gasteiger partial charge in [0.1, 0.15) is 12.1 Å². The Labute approximate surface area is 100 Å². The molecule has 0 amide bonds. The molecule has 0 bridgehead atoms. The van der Waals surface area contributed by atoms with Crippen LogP contribution in [-0.4, -0.2) is 25.8 Å². The lowest BCUT2D eigenvalue weighted by atomic mass is 10.2. The average Bonchev–Trinajstić information content (AvgIpc) is 2.93. The Morgan fingerprint density at radius 1 is 1.47 bits per heavy atom. The molecule has 1 saturated carbocycles. The monoisotopic (exact) mass is 231 g/mol. The second-order valence-electron chi connectivity index (χ2n) is 4.76. The highest BCUT2D eigenvalue weighted by atomic mass is 15.3. The van der Waals surface area contributed by atoms with Crippen molar-refractivity contribution in [1.29, 1.82) is 0 Å². The molecule has 5 heteroatoms. The molecule has 2 aromatic heterocycles. The lowest BCUT2D eigenvalue weighted by Gasteiger charge is -2.05. The Balaban J connectivity index is 1.82. The molecule has 5 nitrogen and oxygen atoms in total. The summed E-state index contributed by atoms with van der Waals surface area (Å²) in [5.41, 5.74) is 0.884. The first kappa shape index (κ1) is 10.5. The third kappa shape index (κ3) is 1.85. The van der Waals surface area contributed by atoms with Gasteiger partial charge in [0.2, 0.25) is 0 Å². The molecule has 1 fully saturated rings. The Hall–Kier alpha value is -1.65. The lowest BCUT2D eigenvalue weighted by molar-refractivity contribution is 0.692. The highest BCUT2D eigenvalue weighted by Gasteiger charge is 2.36. The number of aromatic nitrogens is 4. The van der Waals surface area contributed by atoms with E-state index in [0.29, 0.717) is 6.04 Å². The first-order valence-corrected chi connectivity index (χ1v) is 6.19. The first-order valence-electron chi connectivity index (χ1n) is 6.19. The Morgan fingerprint density at radius 3 is 3.18 bits per heavy atom. The molecule has 0 aliphatic heterocycles. The first-order chi connectivity index (χ1) is 8.29. The summed E-state index contributed by atoms with van der Waals surface area (Å²) in [5.74, 6) is 1.74. The van der Waals surface area contributed by atoms with Gasteiger partial charge in [0.05, 0.1) is 11.6 Å². The zero-order valence-corrected chi connectivity index (χ0v) is 10.2. The maximum atomic E-state index is 4.32. The summed E-state index contributed by atoms with van der Waals surface area (Å²) in [6, 6.07) is 0.591. The third-order valence-corrected chi connectivity index (χ3v) is 3.43. The second kappa shape index (κ2) is 3.98. The zero-order valence-electron chi connectivity index (χ0n) is 10.2. The van der Waals surface area contributed by atoms with Crippen LogP contribution in [0, 0.1) is 5.92 Å². The van der Waals surface area contributed by atoms with Gasteiger partial charge >= 0.3 is 0 Å². The maximum Gasteiger partial charge on any atom is 0.163 e. The van der Waals surface area contributed by atoms with E-state index in [1.807, 2.05) is 13.2 Å². The van der Waals surface area contributed by atoms with Gasteiger partial charge in [-0.3, -0.25) is 4.68 Å². The predicted molar refractivity (Wildman–Crippen MR) is 66.7 cm³/mol. The Morgan fingerprint density at radius 2 is 2.35 bits per heavy atom. The lowest BCUT2D eigenvalue weighted by Crippen LogP contribution is -2.07. The Kier molecular flexibility index (Phi) is 2.46. The number of rotatable bonds is 4. The second-order valence-corrected chi connectivity index (χ2v) is 4.76. The van der Waals surface area contributed by atoms with Crippen LogP contribution in [0.25, 0.3) is 11.0 Å². The van der Waals surface area contributed by atoms with E-state index in [2.05, 4.69) is 27.3 Å². The van der Waals surface area contributed by atoms with Gasteiger partial charge in [0.25, 0.3) is 0 Å². The number of hydrogen-bond acceptors (Lipinski definition) is 4. The molecule has 90 valence electrons. The third-order valence-electron chi connectivity index (χ3n) is 3.43. The van der Waals surface area contributed by atoms with Crippen LogP contribution < -0.4 is 5.32 Å². The molecule has 3 rings (SSSR count). The van der Waals surface area contributed by atoms with Crippen LogP contribution in [-0.2, 0) is 7.05 Å². The molecule has 1 aliphatic rings. The van der Waals surface area contributed by atoms with Gasteiger partial charge in [-0.2, -0.15) is 5.10 Å². The normalized spacial score (nSPS) is 22.9. The molecule has 0 radical (unpaired) electrons. The topological polar surface area (TPSA) is 55.6 Å². The largest absolute Gasteiger partial charge is 0.366 e. The molecule has 17 heavy (non-hydrogen) atoms. The van der Waals surface area contributed by atoms with E-state index in [4.69, 9.17) is 0 Å². The molecule has 2 aromatic rings. The van der Waals surface area contributed by atoms with Crippen LogP contribution >= 0.6 is 0 Å². The number of aryl methyl sites for hydroxylation is 1. The van der Waals surface area contributed by atoms with Gasteiger partial charge in [-0.1, -0.05) is 13.3 Å². The standard InChI is InChI=1S/C12H17N5/c1-3-4-8-5-10(8)16-11-9-6-15-17(2)12(9)14-7-13-11/h6-8,10H,3-5H2,1-2H3,(H,13,14,16). The molecule has 1 N–H and O–H groups in total. The number of anilines is 1. The van der Waals surface area contributed by atoms with Crippen molar-refractivity contribution in [1.82, 2.24) is 19.7 Å². The van der Waals surface area contributed by atoms with Crippen molar-refractivity contribution in [3.8, 4) is 0 Å². The van der Waals surface area contributed by atoms with Gasteiger partial charge in [0.15, 0.2) is 5.65 Å². The van der Waals surface area contributed by atoms with Gasteiger partial charge < -0.3 is 5.32 Å². The number of hydrogen-bond donors (Lipinski definition) is 1. The molecule has 1 aliphatic carbocycles. The number of fused-ring (bicyclic) bond motifs is 1. The van der Waals surface area contributed by atoms with Gasteiger partial charge in [0, 0.05) is 13.1 Å². The van der Waals surface area contributed by atoms with Crippen LogP contribution in [0.3, 0.4) is 0 Å². The van der Waals surface area contributed by atoms with Crippen LogP contribution in [0.5, 0.6) is 0 Å². The average molecular weight is 231 g/mol. The van der Waals surface area contributed by atoms with E-state index in [9.17, 15) is 0 Å². The van der Waals surface area contributed by atoms with E-state index < -0.39 is 0 Å². The molecular formula is C12H17N5. The van der Waals surface area contributed by atoms with Gasteiger partial charge in [-0.25, -0.2) is 9.97 Å². The smallest absolute Gasteiger partial charge is 0.163 e. The SMILES string of the molecule is CCCC1CC1Nc1ncnc2c1cnn2C. The van der Waals surface area contributed by atoms with Crippen LogP contribution in [0.1, 0.15) is 26.2 Å². The van der Waals surface area contributed by atoms with E-state index in [1.165, 1.54) is 19.3 Å². The summed E-state index contributed by atoms with van der Waals surface area (Å²) >= 11 is 0. The summed E-state index contributed by atoms with van der Waals surface area (Å²) in [6.07, 6.45) is 7.26. The van der Waals surface area contributed by atoms with Crippen molar-refractivity contribution in [3.05, 3.63) is 12.5 Å². The molecule has 0 aromatic carbocycles. The van der Waals surface area contributed by atoms with E-state index in [1.54, 1.807) is 11.0 Å². The van der Waals surface area contributed by atoms with Crippen molar-refractivity contribution in [2.75, 3.05) is 5.32 Å². The highest BCUT2D eigenvalue weighted by molar-refractivity contribution is 5.86. The van der Waals surface area contributed by atoms with Crippen LogP contribution in [0.15, 0.2) is 12.5 Å². The summed E-state index contributed by atoms with van der Waals surface area (Å²) in [7, 11) is 1.90. The van der Waals surface area contributed by atoms with Gasteiger partial charge in [-0.05, 0) is 18.8 Å². The van der Waals surface area contributed by atoms with E-state index in [-0.39, 0.29) is 0 Å². The van der Waals surface area contributed by atoms with Crippen molar-refractivity contribution >= 4 is 16.9 Å². The van der Waals surface area contributed by atoms with E-state index in [0.717, 1.165) is 22.8 Å². The quantitative estimate of drug-likeness (QED) is 0.874. The summed E-state index contributed by atoms with van der Waals surface area (Å²) in [5, 5.41) is 8.73. The fraction of sp³-hybridized carbons (Fsp3) is 0.583. The molecule has 2 heterocycles. The minimum Gasteiger partial charge on any atom is -0.366 e. The minimum atomic E-state index is 0.591. The van der Waals surface area contributed by atoms with Gasteiger partial charge in [-0.15, -0.1) is 0 Å². The molecule has 2 unspecified atom stereocenters. The fourth-order valence-electron chi connectivity index (χ4n) is 2.37. The van der Waals surface area contributed by atoms with Crippen molar-refractivity contribution in [3.63, 3.8) is 0 Å². The Bertz CT molecular complexity index is 533. The zero-order chi connectivity index (χ0) is 11.8. The highest BCUT2D eigenvalue weighted by Crippen LogP contribution is 2.37. The summed E-state index contributed by atoms with van der Waals surface area (Å²) in [6.45, 7) is 2.24. The van der Waals surface area contributed by atoms with Crippen molar-refractivity contribution < 1.29 is 0 Å². The summed E-state index contributed by atoms with van der Waals surface area (Å²) < 4.78 is 1.78. The maximum absolute atomic E-state index is 4.32. The van der Waals surface area contributed by atoms with Crippen molar-refractivity contribution in [2.45, 2.75) is 32.2 Å².